The summed E-state index contributed by atoms with van der Waals surface area (Å²) in [6.45, 7) is 4.98. The van der Waals surface area contributed by atoms with Crippen LogP contribution in [0.15, 0.2) is 53.6 Å². The topological polar surface area (TPSA) is 54.4 Å². The van der Waals surface area contributed by atoms with Crippen molar-refractivity contribution in [2.24, 2.45) is 5.10 Å². The van der Waals surface area contributed by atoms with E-state index in [0.29, 0.717) is 19.6 Å². The van der Waals surface area contributed by atoms with E-state index in [4.69, 9.17) is 14.6 Å². The molecule has 1 amide bonds. The largest absolute Gasteiger partial charge is 0.496 e. The zero-order valence-electron chi connectivity index (χ0n) is 18.4. The van der Waals surface area contributed by atoms with Gasteiger partial charge in [-0.3, -0.25) is 9.69 Å². The Morgan fingerprint density at radius 2 is 1.81 bits per heavy atom. The van der Waals surface area contributed by atoms with E-state index < -0.39 is 0 Å². The van der Waals surface area contributed by atoms with Gasteiger partial charge in [0.2, 0.25) is 0 Å². The molecule has 0 radical (unpaired) electrons. The fraction of sp³-hybridized carbons (Fsp3) is 0.440. The Hall–Kier alpha value is -2.86. The van der Waals surface area contributed by atoms with E-state index in [1.165, 1.54) is 6.42 Å². The van der Waals surface area contributed by atoms with E-state index in [-0.39, 0.29) is 11.9 Å². The Kier molecular flexibility index (Phi) is 6.87. The molecule has 6 heteroatoms. The Bertz CT molecular complexity index is 920. The molecule has 1 atom stereocenters. The lowest BCUT2D eigenvalue weighted by Crippen LogP contribution is -2.40. The first-order valence-electron chi connectivity index (χ1n) is 11.2. The fourth-order valence-corrected chi connectivity index (χ4v) is 4.38. The smallest absolute Gasteiger partial charge is 0.257 e. The molecule has 2 aliphatic heterocycles. The van der Waals surface area contributed by atoms with Crippen molar-refractivity contribution < 1.29 is 14.3 Å². The van der Waals surface area contributed by atoms with E-state index in [2.05, 4.69) is 4.90 Å². The van der Waals surface area contributed by atoms with Gasteiger partial charge in [-0.2, -0.15) is 5.10 Å². The lowest BCUT2D eigenvalue weighted by molar-refractivity contribution is -0.134. The maximum atomic E-state index is 13.3. The van der Waals surface area contributed by atoms with E-state index >= 15 is 0 Å². The van der Waals surface area contributed by atoms with Crippen molar-refractivity contribution in [3.05, 3.63) is 59.7 Å². The molecular formula is C25H31N3O3. The maximum Gasteiger partial charge on any atom is 0.257 e. The Morgan fingerprint density at radius 1 is 1.06 bits per heavy atom. The van der Waals surface area contributed by atoms with E-state index in [9.17, 15) is 4.79 Å². The van der Waals surface area contributed by atoms with Gasteiger partial charge in [0.1, 0.15) is 11.5 Å². The van der Waals surface area contributed by atoms with Gasteiger partial charge in [-0.25, -0.2) is 5.01 Å². The van der Waals surface area contributed by atoms with Crippen LogP contribution in [0.3, 0.4) is 0 Å². The molecule has 1 saturated heterocycles. The molecule has 2 aromatic rings. The van der Waals surface area contributed by atoms with Crippen LogP contribution in [0.4, 0.5) is 0 Å². The number of hydrogen-bond acceptors (Lipinski definition) is 5. The highest BCUT2D eigenvalue weighted by Gasteiger charge is 2.34. The quantitative estimate of drug-likeness (QED) is 0.670. The minimum atomic E-state index is -0.132. The fourth-order valence-electron chi connectivity index (χ4n) is 4.38. The summed E-state index contributed by atoms with van der Waals surface area (Å²) in [5.74, 6) is 1.66. The summed E-state index contributed by atoms with van der Waals surface area (Å²) in [6, 6.07) is 15.7. The minimum absolute atomic E-state index is 0.0469. The number of ether oxygens (including phenoxy) is 2. The zero-order valence-corrected chi connectivity index (χ0v) is 18.4. The average Bonchev–Trinajstić information content (AvgIpc) is 3.26. The molecule has 0 N–H and O–H groups in total. The molecule has 4 rings (SSSR count). The van der Waals surface area contributed by atoms with Crippen LogP contribution in [0, 0.1) is 0 Å². The molecule has 1 fully saturated rings. The molecule has 164 valence electrons. The first-order chi connectivity index (χ1) is 15.2. The SMILES string of the molecule is CCOc1ccc(C2CC(c3ccccc3OC)=NN2C(=O)CN2CCCCC2)cc1. The van der Waals surface area contributed by atoms with Crippen molar-refractivity contribution in [2.45, 2.75) is 38.6 Å². The third kappa shape index (κ3) is 4.90. The third-order valence-corrected chi connectivity index (χ3v) is 5.97. The van der Waals surface area contributed by atoms with Crippen LogP contribution in [-0.2, 0) is 4.79 Å². The monoisotopic (exact) mass is 421 g/mol. The van der Waals surface area contributed by atoms with Crippen molar-refractivity contribution in [3.8, 4) is 11.5 Å². The van der Waals surface area contributed by atoms with Crippen LogP contribution in [0.25, 0.3) is 0 Å². The number of amides is 1. The zero-order chi connectivity index (χ0) is 21.6. The van der Waals surface area contributed by atoms with E-state index in [1.54, 1.807) is 12.1 Å². The van der Waals surface area contributed by atoms with Crippen molar-refractivity contribution in [3.63, 3.8) is 0 Å². The third-order valence-electron chi connectivity index (χ3n) is 5.97. The number of piperidine rings is 1. The van der Waals surface area contributed by atoms with Crippen LogP contribution >= 0.6 is 0 Å². The maximum absolute atomic E-state index is 13.3. The number of methoxy groups -OCH3 is 1. The van der Waals surface area contributed by atoms with E-state index in [0.717, 1.165) is 54.3 Å². The molecule has 6 nitrogen and oxygen atoms in total. The number of rotatable bonds is 7. The minimum Gasteiger partial charge on any atom is -0.496 e. The second kappa shape index (κ2) is 9.96. The molecule has 0 aromatic heterocycles. The predicted octanol–water partition coefficient (Wildman–Crippen LogP) is 4.26. The van der Waals surface area contributed by atoms with Crippen LogP contribution in [0.5, 0.6) is 11.5 Å². The number of carbonyl (C=O) groups excluding carboxylic acids is 1. The normalized spacial score (nSPS) is 19.2. The van der Waals surface area contributed by atoms with Gasteiger partial charge in [-0.15, -0.1) is 0 Å². The first-order valence-corrected chi connectivity index (χ1v) is 11.2. The van der Waals surface area contributed by atoms with Crippen molar-refractivity contribution >= 4 is 11.6 Å². The Balaban J connectivity index is 1.61. The highest BCUT2D eigenvalue weighted by molar-refractivity contribution is 6.05. The molecule has 2 aliphatic rings. The van der Waals surface area contributed by atoms with Crippen LogP contribution in [-0.4, -0.2) is 54.9 Å². The summed E-state index contributed by atoms with van der Waals surface area (Å²) in [4.78, 5) is 15.6. The van der Waals surface area contributed by atoms with Gasteiger partial charge in [-0.05, 0) is 62.7 Å². The van der Waals surface area contributed by atoms with Gasteiger partial charge in [0.15, 0.2) is 0 Å². The molecule has 2 heterocycles. The predicted molar refractivity (Wildman–Crippen MR) is 122 cm³/mol. The van der Waals surface area contributed by atoms with Gasteiger partial charge in [0.05, 0.1) is 32.0 Å². The highest BCUT2D eigenvalue weighted by Crippen LogP contribution is 2.35. The average molecular weight is 422 g/mol. The molecule has 0 spiro atoms. The van der Waals surface area contributed by atoms with E-state index in [1.807, 2.05) is 55.5 Å². The second-order valence-corrected chi connectivity index (χ2v) is 8.04. The molecule has 0 aliphatic carbocycles. The van der Waals surface area contributed by atoms with Gasteiger partial charge in [0.25, 0.3) is 5.91 Å². The van der Waals surface area contributed by atoms with Crippen LogP contribution < -0.4 is 9.47 Å². The number of carbonyl (C=O) groups is 1. The van der Waals surface area contributed by atoms with Gasteiger partial charge >= 0.3 is 0 Å². The molecule has 1 unspecified atom stereocenters. The number of likely N-dealkylation sites (tertiary alicyclic amines) is 1. The molecule has 0 bridgehead atoms. The molecule has 2 aromatic carbocycles. The number of para-hydroxylation sites is 1. The Labute approximate surface area is 184 Å². The molecule has 31 heavy (non-hydrogen) atoms. The molecular weight excluding hydrogens is 390 g/mol. The lowest BCUT2D eigenvalue weighted by atomic mass is 9.98. The van der Waals surface area contributed by atoms with Gasteiger partial charge in [0, 0.05) is 12.0 Å². The Morgan fingerprint density at radius 3 is 2.52 bits per heavy atom. The number of nitrogens with zero attached hydrogens (tertiary/aromatic N) is 3. The first kappa shape index (κ1) is 21.4. The number of benzene rings is 2. The highest BCUT2D eigenvalue weighted by atomic mass is 16.5. The summed E-state index contributed by atoms with van der Waals surface area (Å²) in [6.07, 6.45) is 4.22. The number of hydrogen-bond donors (Lipinski definition) is 0. The van der Waals surface area contributed by atoms with Crippen molar-refractivity contribution in [1.29, 1.82) is 0 Å². The lowest BCUT2D eigenvalue weighted by Gasteiger charge is -2.29. The van der Waals surface area contributed by atoms with Crippen LogP contribution in [0.2, 0.25) is 0 Å². The summed E-state index contributed by atoms with van der Waals surface area (Å²) in [5, 5.41) is 6.50. The summed E-state index contributed by atoms with van der Waals surface area (Å²) >= 11 is 0. The standard InChI is InChI=1S/C25H31N3O3/c1-3-31-20-13-11-19(12-14-20)23-17-22(21-9-5-6-10-24(21)30-2)26-28(23)25(29)18-27-15-7-4-8-16-27/h5-6,9-14,23H,3-4,7-8,15-18H2,1-2H3. The summed E-state index contributed by atoms with van der Waals surface area (Å²) in [7, 11) is 1.66. The number of hydrazone groups is 1. The summed E-state index contributed by atoms with van der Waals surface area (Å²) < 4.78 is 11.1. The van der Waals surface area contributed by atoms with Gasteiger partial charge < -0.3 is 9.47 Å². The molecule has 0 saturated carbocycles. The van der Waals surface area contributed by atoms with Crippen LogP contribution in [0.1, 0.15) is 49.8 Å². The second-order valence-electron chi connectivity index (χ2n) is 8.04. The van der Waals surface area contributed by atoms with Crippen molar-refractivity contribution in [1.82, 2.24) is 9.91 Å². The van der Waals surface area contributed by atoms with Crippen molar-refractivity contribution in [2.75, 3.05) is 33.4 Å². The summed E-state index contributed by atoms with van der Waals surface area (Å²) in [5.41, 5.74) is 2.88. The van der Waals surface area contributed by atoms with Gasteiger partial charge in [-0.1, -0.05) is 30.7 Å².